The predicted molar refractivity (Wildman–Crippen MR) is 102 cm³/mol. The summed E-state index contributed by atoms with van der Waals surface area (Å²) in [5, 5.41) is 3.40. The Hall–Kier alpha value is -2.38. The fraction of sp³-hybridized carbons (Fsp3) is 0.500. The highest BCUT2D eigenvalue weighted by Crippen LogP contribution is 2.31. The highest BCUT2D eigenvalue weighted by Gasteiger charge is 2.19. The van der Waals surface area contributed by atoms with Gasteiger partial charge in [-0.25, -0.2) is 9.97 Å². The number of ether oxygens (including phenoxy) is 3. The van der Waals surface area contributed by atoms with Crippen LogP contribution in [0.4, 0.5) is 5.82 Å². The number of hydrogen-bond donors (Lipinski definition) is 1. The van der Waals surface area contributed by atoms with E-state index < -0.39 is 0 Å². The zero-order valence-corrected chi connectivity index (χ0v) is 15.7. The molecule has 0 spiro atoms. The molecule has 2 aliphatic rings. The van der Waals surface area contributed by atoms with Crippen molar-refractivity contribution in [1.29, 1.82) is 0 Å². The molecule has 1 N–H and O–H groups in total. The van der Waals surface area contributed by atoms with Crippen molar-refractivity contribution in [3.05, 3.63) is 41.9 Å². The van der Waals surface area contributed by atoms with Gasteiger partial charge in [0.1, 0.15) is 25.4 Å². The lowest BCUT2D eigenvalue weighted by Crippen LogP contribution is -2.25. The average molecular weight is 370 g/mol. The fourth-order valence-corrected chi connectivity index (χ4v) is 3.41. The van der Waals surface area contributed by atoms with Gasteiger partial charge in [0.2, 0.25) is 0 Å². The number of benzene rings is 1. The van der Waals surface area contributed by atoms with Crippen LogP contribution in [0.5, 0.6) is 11.5 Å². The monoisotopic (exact) mass is 370 g/mol. The van der Waals surface area contributed by atoms with Gasteiger partial charge in [0.15, 0.2) is 11.5 Å². The molecule has 27 heavy (non-hydrogen) atoms. The lowest BCUT2D eigenvalue weighted by Gasteiger charge is -2.21. The number of hydrogen-bond acceptors (Lipinski definition) is 7. The Bertz CT molecular complexity index is 765. The van der Waals surface area contributed by atoms with Gasteiger partial charge in [0, 0.05) is 38.2 Å². The molecule has 0 amide bonds. The molecule has 7 nitrogen and oxygen atoms in total. The molecule has 4 rings (SSSR count). The summed E-state index contributed by atoms with van der Waals surface area (Å²) in [7, 11) is 2.11. The second kappa shape index (κ2) is 8.54. The normalized spacial score (nSPS) is 18.7. The van der Waals surface area contributed by atoms with Gasteiger partial charge in [-0.2, -0.15) is 0 Å². The second-order valence-corrected chi connectivity index (χ2v) is 7.03. The molecule has 1 saturated heterocycles. The van der Waals surface area contributed by atoms with Gasteiger partial charge in [-0.05, 0) is 31.2 Å². The summed E-state index contributed by atoms with van der Waals surface area (Å²) in [6, 6.07) is 8.20. The molecule has 3 heterocycles. The highest BCUT2D eigenvalue weighted by molar-refractivity contribution is 5.43. The molecule has 7 heteroatoms. The Morgan fingerprint density at radius 3 is 2.85 bits per heavy atom. The van der Waals surface area contributed by atoms with Gasteiger partial charge in [-0.1, -0.05) is 6.07 Å². The molecule has 1 aromatic carbocycles. The van der Waals surface area contributed by atoms with Gasteiger partial charge < -0.3 is 24.4 Å². The van der Waals surface area contributed by atoms with E-state index in [-0.39, 0.29) is 0 Å². The Kier molecular flexibility index (Phi) is 5.69. The second-order valence-electron chi connectivity index (χ2n) is 7.03. The third-order valence-electron chi connectivity index (χ3n) is 4.89. The standard InChI is InChI=1S/C20H26N4O3/c1-24(12-15-2-3-18-19(10-15)27-9-8-26-18)6-5-21-20-11-17(22-14-23-20)16-4-7-25-13-16/h2-3,10-11,14,16H,4-9,12-13H2,1H3,(H,21,22,23)/t16-/m0/s1. The van der Waals surface area contributed by atoms with Crippen molar-refractivity contribution < 1.29 is 14.2 Å². The van der Waals surface area contributed by atoms with E-state index in [1.807, 2.05) is 12.1 Å². The minimum Gasteiger partial charge on any atom is -0.486 e. The molecule has 1 aromatic heterocycles. The zero-order valence-electron chi connectivity index (χ0n) is 15.7. The summed E-state index contributed by atoms with van der Waals surface area (Å²) in [4.78, 5) is 11.0. The number of aromatic nitrogens is 2. The minimum absolute atomic E-state index is 0.395. The molecule has 144 valence electrons. The third kappa shape index (κ3) is 4.67. The summed E-state index contributed by atoms with van der Waals surface area (Å²) in [6.45, 7) is 5.39. The van der Waals surface area contributed by atoms with E-state index >= 15 is 0 Å². The van der Waals surface area contributed by atoms with Crippen molar-refractivity contribution in [2.24, 2.45) is 0 Å². The van der Waals surface area contributed by atoms with E-state index in [2.05, 4.69) is 39.4 Å². The Morgan fingerprint density at radius 1 is 1.11 bits per heavy atom. The van der Waals surface area contributed by atoms with E-state index in [0.717, 1.165) is 62.3 Å². The highest BCUT2D eigenvalue weighted by atomic mass is 16.6. The van der Waals surface area contributed by atoms with Crippen molar-refractivity contribution in [1.82, 2.24) is 14.9 Å². The first-order chi connectivity index (χ1) is 13.3. The summed E-state index contributed by atoms with van der Waals surface area (Å²) < 4.78 is 16.7. The van der Waals surface area contributed by atoms with Crippen LogP contribution in [0.2, 0.25) is 0 Å². The number of anilines is 1. The van der Waals surface area contributed by atoms with E-state index in [1.54, 1.807) is 6.33 Å². The maximum Gasteiger partial charge on any atom is 0.161 e. The van der Waals surface area contributed by atoms with Gasteiger partial charge >= 0.3 is 0 Å². The van der Waals surface area contributed by atoms with Crippen LogP contribution in [0.25, 0.3) is 0 Å². The van der Waals surface area contributed by atoms with Crippen LogP contribution in [0.1, 0.15) is 23.6 Å². The quantitative estimate of drug-likeness (QED) is 0.802. The number of nitrogens with zero attached hydrogens (tertiary/aromatic N) is 3. The molecule has 0 unspecified atom stereocenters. The van der Waals surface area contributed by atoms with Crippen LogP contribution in [-0.2, 0) is 11.3 Å². The topological polar surface area (TPSA) is 68.7 Å². The number of rotatable bonds is 7. The maximum atomic E-state index is 5.66. The molecular weight excluding hydrogens is 344 g/mol. The molecular formula is C20H26N4O3. The van der Waals surface area contributed by atoms with Crippen LogP contribution >= 0.6 is 0 Å². The van der Waals surface area contributed by atoms with E-state index in [1.165, 1.54) is 5.56 Å². The average Bonchev–Trinajstić information content (AvgIpc) is 3.23. The molecule has 0 aliphatic carbocycles. The van der Waals surface area contributed by atoms with Crippen LogP contribution in [0.15, 0.2) is 30.6 Å². The molecule has 0 radical (unpaired) electrons. The number of likely N-dealkylation sites (N-methyl/N-ethyl adjacent to an activating group) is 1. The SMILES string of the molecule is CN(CCNc1cc([C@H]2CCOC2)ncn1)Cc1ccc2c(c1)OCCO2. The smallest absolute Gasteiger partial charge is 0.161 e. The maximum absolute atomic E-state index is 5.66. The minimum atomic E-state index is 0.395. The van der Waals surface area contributed by atoms with Crippen LogP contribution in [0.3, 0.4) is 0 Å². The van der Waals surface area contributed by atoms with E-state index in [4.69, 9.17) is 14.2 Å². The first kappa shape index (κ1) is 18.0. The molecule has 0 bridgehead atoms. The lowest BCUT2D eigenvalue weighted by atomic mass is 10.1. The molecule has 0 saturated carbocycles. The predicted octanol–water partition coefficient (Wildman–Crippen LogP) is 2.30. The fourth-order valence-electron chi connectivity index (χ4n) is 3.41. The summed E-state index contributed by atoms with van der Waals surface area (Å²) in [6.07, 6.45) is 2.67. The van der Waals surface area contributed by atoms with Crippen molar-refractivity contribution >= 4 is 5.82 Å². The molecule has 1 fully saturated rings. The zero-order chi connectivity index (χ0) is 18.5. The van der Waals surface area contributed by atoms with Crippen molar-refractivity contribution in [3.63, 3.8) is 0 Å². The van der Waals surface area contributed by atoms with Crippen LogP contribution in [0, 0.1) is 0 Å². The van der Waals surface area contributed by atoms with Crippen LogP contribution in [-0.4, -0.2) is 61.4 Å². The van der Waals surface area contributed by atoms with Crippen molar-refractivity contribution in [2.45, 2.75) is 18.9 Å². The molecule has 2 aromatic rings. The first-order valence-corrected chi connectivity index (χ1v) is 9.48. The lowest BCUT2D eigenvalue weighted by molar-refractivity contribution is 0.171. The number of fused-ring (bicyclic) bond motifs is 1. The van der Waals surface area contributed by atoms with Crippen molar-refractivity contribution in [2.75, 3.05) is 51.9 Å². The summed E-state index contributed by atoms with van der Waals surface area (Å²) in [5.74, 6) is 2.95. The van der Waals surface area contributed by atoms with Crippen molar-refractivity contribution in [3.8, 4) is 11.5 Å². The van der Waals surface area contributed by atoms with Gasteiger partial charge in [-0.3, -0.25) is 0 Å². The Morgan fingerprint density at radius 2 is 2.00 bits per heavy atom. The summed E-state index contributed by atoms with van der Waals surface area (Å²) in [5.41, 5.74) is 2.28. The van der Waals surface area contributed by atoms with Gasteiger partial charge in [0.25, 0.3) is 0 Å². The Balaban J connectivity index is 1.26. The van der Waals surface area contributed by atoms with Gasteiger partial charge in [0.05, 0.1) is 12.3 Å². The number of nitrogens with one attached hydrogen (secondary N) is 1. The van der Waals surface area contributed by atoms with Crippen LogP contribution < -0.4 is 14.8 Å². The third-order valence-corrected chi connectivity index (χ3v) is 4.89. The van der Waals surface area contributed by atoms with Gasteiger partial charge in [-0.15, -0.1) is 0 Å². The summed E-state index contributed by atoms with van der Waals surface area (Å²) >= 11 is 0. The Labute approximate surface area is 159 Å². The largest absolute Gasteiger partial charge is 0.486 e. The first-order valence-electron chi connectivity index (χ1n) is 9.48. The molecule has 1 atom stereocenters. The molecule has 2 aliphatic heterocycles. The van der Waals surface area contributed by atoms with E-state index in [9.17, 15) is 0 Å². The van der Waals surface area contributed by atoms with E-state index in [0.29, 0.717) is 19.1 Å².